The molecule has 142 valence electrons. The third-order valence-corrected chi connectivity index (χ3v) is 4.20. The highest BCUT2D eigenvalue weighted by Crippen LogP contribution is 2.09. The molecule has 1 fully saturated rings. The number of likely N-dealkylation sites (tertiary alicyclic amines) is 1. The number of likely N-dealkylation sites (N-methyl/N-ethyl adjacent to an activating group) is 1. The Hall–Kier alpha value is -0.570. The smallest absolute Gasteiger partial charge is 0.222 e. The van der Waals surface area contributed by atoms with E-state index in [9.17, 15) is 4.79 Å². The summed E-state index contributed by atoms with van der Waals surface area (Å²) in [6.07, 6.45) is 2.66. The molecule has 1 heterocycles. The first kappa shape index (κ1) is 23.4. The molecule has 0 radical (unpaired) electrons. The van der Waals surface area contributed by atoms with Gasteiger partial charge in [-0.25, -0.2) is 0 Å². The van der Waals surface area contributed by atoms with Crippen LogP contribution in [0.3, 0.4) is 0 Å². The molecular formula is C17H36IN5O. The van der Waals surface area contributed by atoms with E-state index in [0.717, 1.165) is 71.0 Å². The number of nitrogens with one attached hydrogen (secondary N) is 2. The second-order valence-electron chi connectivity index (χ2n) is 6.25. The fourth-order valence-corrected chi connectivity index (χ4v) is 2.83. The molecule has 0 aliphatic carbocycles. The minimum Gasteiger partial charge on any atom is -0.357 e. The standard InChI is InChI=1S/C17H35N5O.HI/c1-5-18-17(20-11-14-21(6-2)15(3)4)19-10-8-13-22-12-7-9-16(22)23;/h15H,5-14H2,1-4H3,(H2,18,19,20);1H. The SMILES string of the molecule is CCNC(=NCCCN1CCCC1=O)NCCN(CC)C(C)C.I. The van der Waals surface area contributed by atoms with Crippen molar-refractivity contribution in [3.63, 3.8) is 0 Å². The highest BCUT2D eigenvalue weighted by Gasteiger charge is 2.18. The van der Waals surface area contributed by atoms with E-state index in [1.165, 1.54) is 0 Å². The largest absolute Gasteiger partial charge is 0.357 e. The van der Waals surface area contributed by atoms with Crippen LogP contribution >= 0.6 is 24.0 Å². The quantitative estimate of drug-likeness (QED) is 0.230. The Morgan fingerprint density at radius 2 is 2.08 bits per heavy atom. The minimum absolute atomic E-state index is 0. The monoisotopic (exact) mass is 453 g/mol. The Bertz CT molecular complexity index is 376. The molecule has 0 atom stereocenters. The molecule has 0 aromatic rings. The van der Waals surface area contributed by atoms with Crippen LogP contribution in [0.15, 0.2) is 4.99 Å². The molecule has 1 aliphatic rings. The summed E-state index contributed by atoms with van der Waals surface area (Å²) in [7, 11) is 0. The summed E-state index contributed by atoms with van der Waals surface area (Å²) in [4.78, 5) is 20.5. The second-order valence-corrected chi connectivity index (χ2v) is 6.25. The number of guanidine groups is 1. The fraction of sp³-hybridized carbons (Fsp3) is 0.882. The van der Waals surface area contributed by atoms with Gasteiger partial charge in [0, 0.05) is 51.7 Å². The number of amides is 1. The number of carbonyl (C=O) groups is 1. The molecule has 1 saturated heterocycles. The highest BCUT2D eigenvalue weighted by molar-refractivity contribution is 14.0. The van der Waals surface area contributed by atoms with Gasteiger partial charge < -0.3 is 15.5 Å². The summed E-state index contributed by atoms with van der Waals surface area (Å²) >= 11 is 0. The van der Waals surface area contributed by atoms with Crippen molar-refractivity contribution in [2.75, 3.05) is 45.8 Å². The Morgan fingerprint density at radius 3 is 2.62 bits per heavy atom. The maximum absolute atomic E-state index is 11.6. The van der Waals surface area contributed by atoms with E-state index >= 15 is 0 Å². The van der Waals surface area contributed by atoms with E-state index in [2.05, 4.69) is 48.2 Å². The molecule has 1 rings (SSSR count). The summed E-state index contributed by atoms with van der Waals surface area (Å²) in [5.41, 5.74) is 0. The summed E-state index contributed by atoms with van der Waals surface area (Å²) in [5.74, 6) is 1.17. The van der Waals surface area contributed by atoms with Gasteiger partial charge in [0.25, 0.3) is 0 Å². The van der Waals surface area contributed by atoms with E-state index in [1.807, 2.05) is 4.90 Å². The third-order valence-electron chi connectivity index (χ3n) is 4.20. The molecule has 0 bridgehead atoms. The Kier molecular flexibility index (Phi) is 13.4. The molecule has 0 unspecified atom stereocenters. The third kappa shape index (κ3) is 9.05. The van der Waals surface area contributed by atoms with E-state index < -0.39 is 0 Å². The average molecular weight is 453 g/mol. The minimum atomic E-state index is 0. The van der Waals surface area contributed by atoms with Crippen LogP contribution in [-0.2, 0) is 4.79 Å². The van der Waals surface area contributed by atoms with Crippen LogP contribution in [-0.4, -0.2) is 73.5 Å². The lowest BCUT2D eigenvalue weighted by Crippen LogP contribution is -2.43. The van der Waals surface area contributed by atoms with E-state index in [-0.39, 0.29) is 24.0 Å². The van der Waals surface area contributed by atoms with Gasteiger partial charge >= 0.3 is 0 Å². The van der Waals surface area contributed by atoms with Crippen LogP contribution in [0.25, 0.3) is 0 Å². The summed E-state index contributed by atoms with van der Waals surface area (Å²) < 4.78 is 0. The lowest BCUT2D eigenvalue weighted by atomic mass is 10.3. The van der Waals surface area contributed by atoms with Crippen molar-refractivity contribution >= 4 is 35.8 Å². The Balaban J connectivity index is 0.00000529. The summed E-state index contributed by atoms with van der Waals surface area (Å²) in [6.45, 7) is 15.1. The zero-order valence-corrected chi connectivity index (χ0v) is 18.1. The van der Waals surface area contributed by atoms with E-state index in [1.54, 1.807) is 0 Å². The van der Waals surface area contributed by atoms with E-state index in [0.29, 0.717) is 11.9 Å². The molecule has 1 aliphatic heterocycles. The average Bonchev–Trinajstić information content (AvgIpc) is 2.92. The van der Waals surface area contributed by atoms with Crippen LogP contribution in [0.5, 0.6) is 0 Å². The van der Waals surface area contributed by atoms with Gasteiger partial charge in [0.05, 0.1) is 0 Å². The summed E-state index contributed by atoms with van der Waals surface area (Å²) in [5, 5.41) is 6.67. The number of nitrogens with zero attached hydrogens (tertiary/aromatic N) is 3. The number of aliphatic imine (C=N–C) groups is 1. The van der Waals surface area contributed by atoms with Crippen LogP contribution in [0.4, 0.5) is 0 Å². The van der Waals surface area contributed by atoms with Crippen molar-refractivity contribution in [2.24, 2.45) is 4.99 Å². The predicted octanol–water partition coefficient (Wildman–Crippen LogP) is 1.90. The molecule has 0 aromatic heterocycles. The highest BCUT2D eigenvalue weighted by atomic mass is 127. The molecule has 7 heteroatoms. The lowest BCUT2D eigenvalue weighted by molar-refractivity contribution is -0.127. The first-order valence-corrected chi connectivity index (χ1v) is 9.12. The molecule has 1 amide bonds. The number of hydrogen-bond acceptors (Lipinski definition) is 3. The molecule has 0 aromatic carbocycles. The molecule has 0 saturated carbocycles. The fourth-order valence-electron chi connectivity index (χ4n) is 2.83. The lowest BCUT2D eigenvalue weighted by Gasteiger charge is -2.25. The van der Waals surface area contributed by atoms with Crippen molar-refractivity contribution in [1.82, 2.24) is 20.4 Å². The topological polar surface area (TPSA) is 60.0 Å². The van der Waals surface area contributed by atoms with Gasteiger partial charge in [0.2, 0.25) is 5.91 Å². The van der Waals surface area contributed by atoms with Gasteiger partial charge in [0.1, 0.15) is 0 Å². The van der Waals surface area contributed by atoms with Crippen molar-refractivity contribution < 1.29 is 4.79 Å². The molecular weight excluding hydrogens is 417 g/mol. The molecule has 24 heavy (non-hydrogen) atoms. The molecule has 2 N–H and O–H groups in total. The second kappa shape index (κ2) is 13.7. The number of hydrogen-bond donors (Lipinski definition) is 2. The normalized spacial score (nSPS) is 15.2. The Morgan fingerprint density at radius 1 is 1.33 bits per heavy atom. The maximum atomic E-state index is 11.6. The zero-order valence-electron chi connectivity index (χ0n) is 15.8. The maximum Gasteiger partial charge on any atom is 0.222 e. The molecule has 0 spiro atoms. The van der Waals surface area contributed by atoms with Crippen LogP contribution in [0, 0.1) is 0 Å². The van der Waals surface area contributed by atoms with Crippen molar-refractivity contribution in [2.45, 2.75) is 53.0 Å². The van der Waals surface area contributed by atoms with Gasteiger partial charge in [0.15, 0.2) is 5.96 Å². The van der Waals surface area contributed by atoms with Crippen molar-refractivity contribution in [3.05, 3.63) is 0 Å². The van der Waals surface area contributed by atoms with Gasteiger partial charge in [-0.15, -0.1) is 24.0 Å². The van der Waals surface area contributed by atoms with Gasteiger partial charge in [-0.2, -0.15) is 0 Å². The first-order chi connectivity index (χ1) is 11.1. The van der Waals surface area contributed by atoms with Gasteiger partial charge in [-0.3, -0.25) is 14.7 Å². The van der Waals surface area contributed by atoms with Gasteiger partial charge in [-0.1, -0.05) is 6.92 Å². The number of rotatable bonds is 10. The van der Waals surface area contributed by atoms with Gasteiger partial charge in [-0.05, 0) is 40.2 Å². The van der Waals surface area contributed by atoms with E-state index in [4.69, 9.17) is 0 Å². The predicted molar refractivity (Wildman–Crippen MR) is 112 cm³/mol. The zero-order chi connectivity index (χ0) is 17.1. The van der Waals surface area contributed by atoms with Crippen LogP contribution < -0.4 is 10.6 Å². The number of carbonyl (C=O) groups excluding carboxylic acids is 1. The summed E-state index contributed by atoms with van der Waals surface area (Å²) in [6, 6.07) is 0.569. The Labute approximate surface area is 164 Å². The van der Waals surface area contributed by atoms with Crippen LogP contribution in [0.2, 0.25) is 0 Å². The molecule has 6 nitrogen and oxygen atoms in total. The van der Waals surface area contributed by atoms with Crippen molar-refractivity contribution in [1.29, 1.82) is 0 Å². The van der Waals surface area contributed by atoms with Crippen molar-refractivity contribution in [3.8, 4) is 0 Å². The number of halogens is 1. The van der Waals surface area contributed by atoms with Crippen LogP contribution in [0.1, 0.15) is 47.0 Å². The first-order valence-electron chi connectivity index (χ1n) is 9.12.